The fourth-order valence-corrected chi connectivity index (χ4v) is 4.50. The van der Waals surface area contributed by atoms with Gasteiger partial charge in [0.05, 0.1) is 5.92 Å². The van der Waals surface area contributed by atoms with Gasteiger partial charge >= 0.3 is 0 Å². The number of amides is 2. The number of rotatable bonds is 2. The molecule has 2 heterocycles. The predicted octanol–water partition coefficient (Wildman–Crippen LogP) is 3.01. The van der Waals surface area contributed by atoms with E-state index in [0.29, 0.717) is 18.7 Å². The minimum atomic E-state index is -0.173. The number of hydrogen-bond donors (Lipinski definition) is 1. The zero-order valence-corrected chi connectivity index (χ0v) is 15.5. The summed E-state index contributed by atoms with van der Waals surface area (Å²) in [7, 11) is 1.90. The number of carbonyl (C=O) groups excluding carboxylic acids is 2. The second kappa shape index (κ2) is 6.72. The van der Waals surface area contributed by atoms with Gasteiger partial charge in [0.2, 0.25) is 5.91 Å². The molecule has 2 aliphatic heterocycles. The number of likely N-dealkylation sites (tertiary alicyclic amines) is 2. The lowest BCUT2D eigenvalue weighted by molar-refractivity contribution is -0.131. The Kier molecular flexibility index (Phi) is 4.38. The maximum atomic E-state index is 12.9. The van der Waals surface area contributed by atoms with E-state index in [9.17, 15) is 14.7 Å². The molecule has 2 fully saturated rings. The van der Waals surface area contributed by atoms with Crippen molar-refractivity contribution < 1.29 is 14.7 Å². The largest absolute Gasteiger partial charge is 0.508 e. The van der Waals surface area contributed by atoms with Crippen molar-refractivity contribution in [1.82, 2.24) is 9.80 Å². The molecule has 0 aromatic heterocycles. The van der Waals surface area contributed by atoms with Crippen LogP contribution in [0.4, 0.5) is 0 Å². The average Bonchev–Trinajstić information content (AvgIpc) is 2.94. The number of phenols is 1. The third kappa shape index (κ3) is 3.07. The topological polar surface area (TPSA) is 60.9 Å². The Hall–Kier alpha value is -2.82. The molecule has 0 bridgehead atoms. The second-order valence-corrected chi connectivity index (χ2v) is 7.63. The van der Waals surface area contributed by atoms with E-state index >= 15 is 0 Å². The standard InChI is InChI=1S/C22H24N2O3/c1-23-21(27)19(16-6-3-2-4-7-16)15-22(23)10-12-24(13-11-22)20(26)17-8-5-9-18(25)14-17/h2-9,14,19,25H,10-13,15H2,1H3/t19-/m0/s1. The van der Waals surface area contributed by atoms with E-state index in [4.69, 9.17) is 0 Å². The van der Waals surface area contributed by atoms with Crippen LogP contribution in [0.2, 0.25) is 0 Å². The van der Waals surface area contributed by atoms with Crippen LogP contribution in [0.15, 0.2) is 54.6 Å². The van der Waals surface area contributed by atoms with Crippen LogP contribution in [0.25, 0.3) is 0 Å². The highest BCUT2D eigenvalue weighted by molar-refractivity contribution is 5.94. The molecule has 1 N–H and O–H groups in total. The molecule has 0 radical (unpaired) electrons. The summed E-state index contributed by atoms with van der Waals surface area (Å²) < 4.78 is 0. The molecule has 0 saturated carbocycles. The van der Waals surface area contributed by atoms with Crippen LogP contribution in [0.3, 0.4) is 0 Å². The van der Waals surface area contributed by atoms with Crippen LogP contribution in [0.5, 0.6) is 5.75 Å². The highest BCUT2D eigenvalue weighted by atomic mass is 16.3. The summed E-state index contributed by atoms with van der Waals surface area (Å²) in [6.07, 6.45) is 2.37. The lowest BCUT2D eigenvalue weighted by Crippen LogP contribution is -2.52. The van der Waals surface area contributed by atoms with E-state index in [0.717, 1.165) is 24.8 Å². The Morgan fingerprint density at radius 1 is 1.07 bits per heavy atom. The smallest absolute Gasteiger partial charge is 0.253 e. The Bertz CT molecular complexity index is 857. The number of piperidine rings is 1. The summed E-state index contributed by atoms with van der Waals surface area (Å²) in [6.45, 7) is 1.24. The number of benzene rings is 2. The zero-order valence-electron chi connectivity index (χ0n) is 15.5. The van der Waals surface area contributed by atoms with E-state index in [1.165, 1.54) is 6.07 Å². The molecule has 4 rings (SSSR count). The molecule has 0 aliphatic carbocycles. The van der Waals surface area contributed by atoms with Crippen LogP contribution in [-0.4, -0.2) is 52.4 Å². The molecule has 2 saturated heterocycles. The molecule has 27 heavy (non-hydrogen) atoms. The minimum Gasteiger partial charge on any atom is -0.508 e. The molecular weight excluding hydrogens is 340 g/mol. The summed E-state index contributed by atoms with van der Waals surface area (Å²) >= 11 is 0. The van der Waals surface area contributed by atoms with Gasteiger partial charge in [0.15, 0.2) is 0 Å². The van der Waals surface area contributed by atoms with E-state index in [-0.39, 0.29) is 29.0 Å². The first-order chi connectivity index (χ1) is 13.0. The first-order valence-corrected chi connectivity index (χ1v) is 9.41. The zero-order chi connectivity index (χ0) is 19.0. The Morgan fingerprint density at radius 3 is 2.44 bits per heavy atom. The van der Waals surface area contributed by atoms with Crippen molar-refractivity contribution in [1.29, 1.82) is 0 Å². The first-order valence-electron chi connectivity index (χ1n) is 9.41. The van der Waals surface area contributed by atoms with Gasteiger partial charge in [-0.25, -0.2) is 0 Å². The lowest BCUT2D eigenvalue weighted by atomic mass is 9.81. The maximum absolute atomic E-state index is 12.9. The monoisotopic (exact) mass is 364 g/mol. The molecule has 0 unspecified atom stereocenters. The average molecular weight is 364 g/mol. The van der Waals surface area contributed by atoms with E-state index in [1.807, 2.05) is 47.2 Å². The SMILES string of the molecule is CN1C(=O)[C@H](c2ccccc2)CC12CCN(C(=O)c1cccc(O)c1)CC2. The van der Waals surface area contributed by atoms with Gasteiger partial charge in [0.1, 0.15) is 5.75 Å². The number of phenolic OH excluding ortho intramolecular Hbond substituents is 1. The molecule has 2 aromatic rings. The Balaban J connectivity index is 1.48. The van der Waals surface area contributed by atoms with Gasteiger partial charge in [-0.3, -0.25) is 9.59 Å². The maximum Gasteiger partial charge on any atom is 0.253 e. The van der Waals surface area contributed by atoms with Crippen molar-refractivity contribution in [3.8, 4) is 5.75 Å². The van der Waals surface area contributed by atoms with Gasteiger partial charge < -0.3 is 14.9 Å². The van der Waals surface area contributed by atoms with Crippen molar-refractivity contribution in [3.05, 3.63) is 65.7 Å². The van der Waals surface area contributed by atoms with Gasteiger partial charge in [-0.1, -0.05) is 36.4 Å². The van der Waals surface area contributed by atoms with Gasteiger partial charge in [-0.05, 0) is 43.0 Å². The minimum absolute atomic E-state index is 0.0627. The number of carbonyl (C=O) groups is 2. The molecule has 5 heteroatoms. The number of hydrogen-bond acceptors (Lipinski definition) is 3. The summed E-state index contributed by atoms with van der Waals surface area (Å²) in [4.78, 5) is 29.3. The second-order valence-electron chi connectivity index (χ2n) is 7.63. The molecule has 1 atom stereocenters. The third-order valence-corrected chi connectivity index (χ3v) is 6.20. The fraction of sp³-hybridized carbons (Fsp3) is 0.364. The Labute approximate surface area is 159 Å². The van der Waals surface area contributed by atoms with Gasteiger partial charge in [0.25, 0.3) is 5.91 Å². The van der Waals surface area contributed by atoms with Crippen LogP contribution < -0.4 is 0 Å². The highest BCUT2D eigenvalue weighted by Crippen LogP contribution is 2.44. The van der Waals surface area contributed by atoms with Crippen LogP contribution in [0.1, 0.15) is 41.1 Å². The van der Waals surface area contributed by atoms with Crippen molar-refractivity contribution >= 4 is 11.8 Å². The van der Waals surface area contributed by atoms with Crippen molar-refractivity contribution in [3.63, 3.8) is 0 Å². The van der Waals surface area contributed by atoms with Crippen LogP contribution in [-0.2, 0) is 4.79 Å². The van der Waals surface area contributed by atoms with Crippen LogP contribution >= 0.6 is 0 Å². The lowest BCUT2D eigenvalue weighted by Gasteiger charge is -2.43. The molecule has 2 amide bonds. The fourth-order valence-electron chi connectivity index (χ4n) is 4.50. The first kappa shape index (κ1) is 17.6. The van der Waals surface area contributed by atoms with E-state index in [2.05, 4.69) is 0 Å². The van der Waals surface area contributed by atoms with Gasteiger partial charge in [0, 0.05) is 31.2 Å². The van der Waals surface area contributed by atoms with Crippen molar-refractivity contribution in [2.24, 2.45) is 0 Å². The number of nitrogens with zero attached hydrogens (tertiary/aromatic N) is 2. The molecule has 5 nitrogen and oxygen atoms in total. The van der Waals surface area contributed by atoms with E-state index in [1.54, 1.807) is 18.2 Å². The normalized spacial score (nSPS) is 21.7. The van der Waals surface area contributed by atoms with E-state index < -0.39 is 0 Å². The Morgan fingerprint density at radius 2 is 1.78 bits per heavy atom. The molecule has 140 valence electrons. The van der Waals surface area contributed by atoms with Crippen LogP contribution in [0, 0.1) is 0 Å². The highest BCUT2D eigenvalue weighted by Gasteiger charge is 2.50. The van der Waals surface area contributed by atoms with Gasteiger partial charge in [-0.15, -0.1) is 0 Å². The molecule has 1 spiro atoms. The molecular formula is C22H24N2O3. The summed E-state index contributed by atoms with van der Waals surface area (Å²) in [5, 5.41) is 9.61. The summed E-state index contributed by atoms with van der Waals surface area (Å²) in [6, 6.07) is 16.4. The molecule has 2 aliphatic rings. The predicted molar refractivity (Wildman–Crippen MR) is 103 cm³/mol. The number of likely N-dealkylation sites (N-methyl/N-ethyl adjacent to an activating group) is 1. The third-order valence-electron chi connectivity index (χ3n) is 6.20. The quantitative estimate of drug-likeness (QED) is 0.891. The number of aromatic hydroxyl groups is 1. The summed E-state index contributed by atoms with van der Waals surface area (Å²) in [5.74, 6) is 0.118. The van der Waals surface area contributed by atoms with Crippen molar-refractivity contribution in [2.75, 3.05) is 20.1 Å². The van der Waals surface area contributed by atoms with Gasteiger partial charge in [-0.2, -0.15) is 0 Å². The van der Waals surface area contributed by atoms with Crippen molar-refractivity contribution in [2.45, 2.75) is 30.7 Å². The molecule has 2 aromatic carbocycles. The summed E-state index contributed by atoms with van der Waals surface area (Å²) in [5.41, 5.74) is 1.40.